The highest BCUT2D eigenvalue weighted by Crippen LogP contribution is 2.25. The van der Waals surface area contributed by atoms with E-state index in [2.05, 4.69) is 20.9 Å². The molecule has 4 heteroatoms. The Morgan fingerprint density at radius 3 is 2.64 bits per heavy atom. The molecule has 1 aromatic heterocycles. The lowest BCUT2D eigenvalue weighted by molar-refractivity contribution is 0.150. The number of aromatic nitrogens is 1. The topological polar surface area (TPSA) is 12.9 Å². The van der Waals surface area contributed by atoms with E-state index < -0.39 is 6.43 Å². The number of aryl methyl sites for hydroxylation is 1. The van der Waals surface area contributed by atoms with Crippen molar-refractivity contribution in [2.45, 2.75) is 13.3 Å². The van der Waals surface area contributed by atoms with E-state index in [1.807, 2.05) is 0 Å². The summed E-state index contributed by atoms with van der Waals surface area (Å²) in [4.78, 5) is 3.74. The number of halogens is 3. The van der Waals surface area contributed by atoms with Crippen LogP contribution in [0.4, 0.5) is 8.78 Å². The second kappa shape index (κ2) is 3.26. The molecular weight excluding hydrogens is 216 g/mol. The van der Waals surface area contributed by atoms with E-state index in [4.69, 9.17) is 0 Å². The first kappa shape index (κ1) is 8.59. The minimum atomic E-state index is -2.46. The molecule has 0 spiro atoms. The minimum absolute atomic E-state index is 0.0509. The summed E-state index contributed by atoms with van der Waals surface area (Å²) >= 11 is 2.94. The fourth-order valence-electron chi connectivity index (χ4n) is 0.728. The summed E-state index contributed by atoms with van der Waals surface area (Å²) in [5.41, 5.74) is 0.688. The van der Waals surface area contributed by atoms with Crippen molar-refractivity contribution in [2.75, 3.05) is 0 Å². The van der Waals surface area contributed by atoms with Crippen LogP contribution in [0.25, 0.3) is 0 Å². The summed E-state index contributed by atoms with van der Waals surface area (Å²) in [7, 11) is 0. The average molecular weight is 222 g/mol. The molecule has 0 aliphatic heterocycles. The molecule has 0 unspecified atom stereocenters. The molecule has 0 fully saturated rings. The van der Waals surface area contributed by atoms with Crippen molar-refractivity contribution in [2.24, 2.45) is 0 Å². The van der Waals surface area contributed by atoms with Crippen LogP contribution in [0.2, 0.25) is 0 Å². The lowest BCUT2D eigenvalue weighted by atomic mass is 10.2. The van der Waals surface area contributed by atoms with Gasteiger partial charge in [0.2, 0.25) is 0 Å². The summed E-state index contributed by atoms with van der Waals surface area (Å²) in [6, 6.07) is 1.42. The highest BCUT2D eigenvalue weighted by molar-refractivity contribution is 9.10. The molecule has 1 heterocycles. The van der Waals surface area contributed by atoms with Crippen molar-refractivity contribution >= 4 is 15.9 Å². The number of nitrogens with zero attached hydrogens (tertiary/aromatic N) is 1. The fourth-order valence-corrected chi connectivity index (χ4v) is 1.12. The molecular formula is C7H6BrF2N. The van der Waals surface area contributed by atoms with E-state index in [9.17, 15) is 8.78 Å². The van der Waals surface area contributed by atoms with Crippen molar-refractivity contribution in [1.29, 1.82) is 0 Å². The largest absolute Gasteiger partial charge is 0.266 e. The number of hydrogen-bond donors (Lipinski definition) is 0. The van der Waals surface area contributed by atoms with E-state index in [0.717, 1.165) is 5.56 Å². The molecule has 1 nitrogen and oxygen atoms in total. The standard InChI is InChI=1S/C7H6BrF2N/c1-4-2-5(7(9)10)6(8)11-3-4/h2-3,7H,1H3. The fraction of sp³-hybridized carbons (Fsp3) is 0.286. The third-order valence-electron chi connectivity index (χ3n) is 1.24. The second-order valence-corrected chi connectivity index (χ2v) is 2.94. The Bertz CT molecular complexity index is 263. The number of pyridine rings is 1. The van der Waals surface area contributed by atoms with Gasteiger partial charge in [0.25, 0.3) is 6.43 Å². The maximum atomic E-state index is 12.1. The molecule has 1 aromatic rings. The lowest BCUT2D eigenvalue weighted by Gasteiger charge is -2.01. The smallest absolute Gasteiger partial charge is 0.249 e. The van der Waals surface area contributed by atoms with Crippen molar-refractivity contribution in [3.63, 3.8) is 0 Å². The van der Waals surface area contributed by atoms with Gasteiger partial charge < -0.3 is 0 Å². The molecule has 0 N–H and O–H groups in total. The van der Waals surface area contributed by atoms with Crippen molar-refractivity contribution in [3.05, 3.63) is 28.0 Å². The Hall–Kier alpha value is -0.510. The predicted octanol–water partition coefficient (Wildman–Crippen LogP) is 3.09. The van der Waals surface area contributed by atoms with E-state index in [1.54, 1.807) is 6.92 Å². The van der Waals surface area contributed by atoms with Gasteiger partial charge in [0.1, 0.15) is 4.60 Å². The highest BCUT2D eigenvalue weighted by atomic mass is 79.9. The van der Waals surface area contributed by atoms with Crippen LogP contribution in [-0.2, 0) is 0 Å². The van der Waals surface area contributed by atoms with Gasteiger partial charge in [-0.2, -0.15) is 0 Å². The van der Waals surface area contributed by atoms with Gasteiger partial charge in [0.15, 0.2) is 0 Å². The number of hydrogen-bond acceptors (Lipinski definition) is 1. The van der Waals surface area contributed by atoms with Crippen molar-refractivity contribution in [3.8, 4) is 0 Å². The molecule has 1 rings (SSSR count). The SMILES string of the molecule is Cc1cnc(Br)c(C(F)F)c1. The summed E-state index contributed by atoms with van der Waals surface area (Å²) in [5, 5.41) is 0. The zero-order valence-electron chi connectivity index (χ0n) is 5.81. The zero-order chi connectivity index (χ0) is 8.43. The Morgan fingerprint density at radius 1 is 1.55 bits per heavy atom. The molecule has 11 heavy (non-hydrogen) atoms. The van der Waals surface area contributed by atoms with E-state index >= 15 is 0 Å². The Kier molecular flexibility index (Phi) is 2.54. The van der Waals surface area contributed by atoms with Crippen LogP contribution in [0.15, 0.2) is 16.9 Å². The third kappa shape index (κ3) is 1.96. The van der Waals surface area contributed by atoms with Crippen LogP contribution in [0.5, 0.6) is 0 Å². The lowest BCUT2D eigenvalue weighted by Crippen LogP contribution is -1.90. The van der Waals surface area contributed by atoms with Crippen LogP contribution in [0, 0.1) is 6.92 Å². The van der Waals surface area contributed by atoms with E-state index in [-0.39, 0.29) is 10.2 Å². The minimum Gasteiger partial charge on any atom is -0.249 e. The number of rotatable bonds is 1. The molecule has 0 bridgehead atoms. The molecule has 60 valence electrons. The molecule has 0 aliphatic rings. The van der Waals surface area contributed by atoms with Crippen molar-refractivity contribution < 1.29 is 8.78 Å². The van der Waals surface area contributed by atoms with Gasteiger partial charge in [0.05, 0.1) is 5.56 Å². The molecule has 0 aromatic carbocycles. The first-order valence-electron chi connectivity index (χ1n) is 3.01. The van der Waals surface area contributed by atoms with Gasteiger partial charge in [-0.15, -0.1) is 0 Å². The molecule has 0 saturated carbocycles. The van der Waals surface area contributed by atoms with Crippen LogP contribution in [-0.4, -0.2) is 4.98 Å². The average Bonchev–Trinajstić information content (AvgIpc) is 1.94. The van der Waals surface area contributed by atoms with Crippen LogP contribution in [0.1, 0.15) is 17.6 Å². The zero-order valence-corrected chi connectivity index (χ0v) is 7.40. The second-order valence-electron chi connectivity index (χ2n) is 2.19. The van der Waals surface area contributed by atoms with E-state index in [1.165, 1.54) is 12.3 Å². The molecule has 0 atom stereocenters. The van der Waals surface area contributed by atoms with Gasteiger partial charge >= 0.3 is 0 Å². The number of alkyl halides is 2. The van der Waals surface area contributed by atoms with Crippen molar-refractivity contribution in [1.82, 2.24) is 4.98 Å². The Morgan fingerprint density at radius 2 is 2.18 bits per heavy atom. The van der Waals surface area contributed by atoms with Gasteiger partial charge in [-0.05, 0) is 34.5 Å². The van der Waals surface area contributed by atoms with Crippen LogP contribution < -0.4 is 0 Å². The Balaban J connectivity index is 3.13. The van der Waals surface area contributed by atoms with Gasteiger partial charge in [-0.1, -0.05) is 0 Å². The van der Waals surface area contributed by atoms with Gasteiger partial charge in [0, 0.05) is 6.20 Å². The first-order chi connectivity index (χ1) is 5.11. The van der Waals surface area contributed by atoms with Crippen LogP contribution in [0.3, 0.4) is 0 Å². The highest BCUT2D eigenvalue weighted by Gasteiger charge is 2.11. The third-order valence-corrected chi connectivity index (χ3v) is 1.90. The Labute approximate surface area is 71.6 Å². The van der Waals surface area contributed by atoms with Gasteiger partial charge in [-0.25, -0.2) is 13.8 Å². The summed E-state index contributed by atoms with van der Waals surface area (Å²) in [6.07, 6.45) is -0.924. The normalized spacial score (nSPS) is 10.6. The van der Waals surface area contributed by atoms with Crippen LogP contribution >= 0.6 is 15.9 Å². The molecule has 0 saturated heterocycles. The van der Waals surface area contributed by atoms with E-state index in [0.29, 0.717) is 0 Å². The molecule has 0 aliphatic carbocycles. The van der Waals surface area contributed by atoms with Gasteiger partial charge in [-0.3, -0.25) is 0 Å². The summed E-state index contributed by atoms with van der Waals surface area (Å²) < 4.78 is 24.5. The molecule has 0 amide bonds. The molecule has 0 radical (unpaired) electrons. The predicted molar refractivity (Wildman–Crippen MR) is 41.6 cm³/mol. The summed E-state index contributed by atoms with van der Waals surface area (Å²) in [6.45, 7) is 1.73. The maximum Gasteiger partial charge on any atom is 0.266 e. The quantitative estimate of drug-likeness (QED) is 0.665. The monoisotopic (exact) mass is 221 g/mol. The summed E-state index contributed by atoms with van der Waals surface area (Å²) in [5.74, 6) is 0. The first-order valence-corrected chi connectivity index (χ1v) is 3.80. The maximum absolute atomic E-state index is 12.1.